The first-order chi connectivity index (χ1) is 10.6. The number of aryl methyl sites for hydroxylation is 1. The SMILES string of the molecule is Cn1nc(C(=O)Nc2ccc(-c3nn[nH]n3)cc2)ccc1=O. The maximum Gasteiger partial charge on any atom is 0.276 e. The van der Waals surface area contributed by atoms with Gasteiger partial charge in [0.1, 0.15) is 5.69 Å². The standard InChI is InChI=1S/C13H11N7O2/c1-20-11(21)7-6-10(17-20)13(22)14-9-4-2-8(3-5-9)12-15-18-19-16-12/h2-7H,1H3,(H,14,22)(H,15,16,18,19). The fourth-order valence-corrected chi connectivity index (χ4v) is 1.81. The van der Waals surface area contributed by atoms with E-state index in [1.165, 1.54) is 19.2 Å². The van der Waals surface area contributed by atoms with E-state index < -0.39 is 5.91 Å². The van der Waals surface area contributed by atoms with Gasteiger partial charge in [-0.1, -0.05) is 0 Å². The third-order valence-corrected chi connectivity index (χ3v) is 2.94. The molecule has 0 fully saturated rings. The second-order valence-corrected chi connectivity index (χ2v) is 4.45. The van der Waals surface area contributed by atoms with Gasteiger partial charge in [-0.05, 0) is 35.5 Å². The van der Waals surface area contributed by atoms with E-state index in [0.717, 1.165) is 10.2 Å². The van der Waals surface area contributed by atoms with E-state index >= 15 is 0 Å². The zero-order valence-electron chi connectivity index (χ0n) is 11.5. The van der Waals surface area contributed by atoms with Crippen molar-refractivity contribution < 1.29 is 4.79 Å². The minimum Gasteiger partial charge on any atom is -0.321 e. The number of nitrogens with zero attached hydrogens (tertiary/aromatic N) is 5. The number of aromatic nitrogens is 6. The van der Waals surface area contributed by atoms with Crippen LogP contribution in [0, 0.1) is 0 Å². The van der Waals surface area contributed by atoms with Crippen molar-refractivity contribution in [3.63, 3.8) is 0 Å². The van der Waals surface area contributed by atoms with Crippen LogP contribution in [0.1, 0.15) is 10.5 Å². The molecule has 0 unspecified atom stereocenters. The van der Waals surface area contributed by atoms with E-state index in [9.17, 15) is 9.59 Å². The maximum atomic E-state index is 12.1. The topological polar surface area (TPSA) is 118 Å². The molecule has 0 aliphatic carbocycles. The van der Waals surface area contributed by atoms with Gasteiger partial charge in [0.25, 0.3) is 11.5 Å². The molecule has 3 aromatic rings. The van der Waals surface area contributed by atoms with Crippen LogP contribution in [0.15, 0.2) is 41.2 Å². The number of carbonyl (C=O) groups is 1. The predicted octanol–water partition coefficient (Wildman–Crippen LogP) is 0.213. The molecule has 110 valence electrons. The van der Waals surface area contributed by atoms with Crippen LogP contribution in [-0.4, -0.2) is 36.3 Å². The molecule has 0 radical (unpaired) electrons. The minimum atomic E-state index is -0.400. The highest BCUT2D eigenvalue weighted by molar-refractivity contribution is 6.02. The van der Waals surface area contributed by atoms with Gasteiger partial charge < -0.3 is 5.32 Å². The van der Waals surface area contributed by atoms with Crippen molar-refractivity contribution in [3.8, 4) is 11.4 Å². The van der Waals surface area contributed by atoms with Gasteiger partial charge in [0, 0.05) is 24.4 Å². The Balaban J connectivity index is 1.76. The first-order valence-electron chi connectivity index (χ1n) is 6.33. The Morgan fingerprint density at radius 1 is 1.18 bits per heavy atom. The zero-order chi connectivity index (χ0) is 15.5. The third-order valence-electron chi connectivity index (χ3n) is 2.94. The molecule has 0 saturated carbocycles. The average molecular weight is 297 g/mol. The quantitative estimate of drug-likeness (QED) is 0.713. The normalized spacial score (nSPS) is 10.4. The molecule has 0 bridgehead atoms. The first kappa shape index (κ1) is 13.6. The fourth-order valence-electron chi connectivity index (χ4n) is 1.81. The van der Waals surface area contributed by atoms with Gasteiger partial charge in [-0.25, -0.2) is 4.68 Å². The molecule has 1 aromatic carbocycles. The molecule has 3 rings (SSSR count). The maximum absolute atomic E-state index is 12.1. The van der Waals surface area contributed by atoms with Crippen LogP contribution < -0.4 is 10.9 Å². The second-order valence-electron chi connectivity index (χ2n) is 4.45. The monoisotopic (exact) mass is 297 g/mol. The Morgan fingerprint density at radius 3 is 2.59 bits per heavy atom. The molecule has 0 atom stereocenters. The first-order valence-corrected chi connectivity index (χ1v) is 6.33. The van der Waals surface area contributed by atoms with E-state index in [4.69, 9.17) is 0 Å². The Morgan fingerprint density at radius 2 is 1.95 bits per heavy atom. The van der Waals surface area contributed by atoms with Gasteiger partial charge in [0.15, 0.2) is 0 Å². The van der Waals surface area contributed by atoms with Gasteiger partial charge >= 0.3 is 0 Å². The van der Waals surface area contributed by atoms with Gasteiger partial charge in [0.2, 0.25) is 5.82 Å². The summed E-state index contributed by atoms with van der Waals surface area (Å²) in [5.74, 6) is 0.0699. The number of aromatic amines is 1. The van der Waals surface area contributed by atoms with E-state index in [0.29, 0.717) is 11.5 Å². The second kappa shape index (κ2) is 5.56. The molecule has 22 heavy (non-hydrogen) atoms. The number of benzene rings is 1. The number of amides is 1. The highest BCUT2D eigenvalue weighted by atomic mass is 16.2. The minimum absolute atomic E-state index is 0.157. The van der Waals surface area contributed by atoms with Crippen LogP contribution in [0.3, 0.4) is 0 Å². The van der Waals surface area contributed by atoms with Gasteiger partial charge in [-0.3, -0.25) is 9.59 Å². The van der Waals surface area contributed by atoms with Crippen LogP contribution in [-0.2, 0) is 7.05 Å². The summed E-state index contributed by atoms with van der Waals surface area (Å²) in [6.07, 6.45) is 0. The number of carbonyl (C=O) groups excluding carboxylic acids is 1. The van der Waals surface area contributed by atoms with E-state index in [-0.39, 0.29) is 11.3 Å². The molecule has 0 aliphatic rings. The molecular weight excluding hydrogens is 286 g/mol. The van der Waals surface area contributed by atoms with Crippen molar-refractivity contribution in [1.29, 1.82) is 0 Å². The molecule has 9 heteroatoms. The molecule has 2 heterocycles. The summed E-state index contributed by atoms with van der Waals surface area (Å²) in [6, 6.07) is 9.62. The number of anilines is 1. The Labute approximate surface area is 124 Å². The zero-order valence-corrected chi connectivity index (χ0v) is 11.5. The average Bonchev–Trinajstić information content (AvgIpc) is 3.05. The lowest BCUT2D eigenvalue weighted by molar-refractivity contribution is 0.102. The van der Waals surface area contributed by atoms with E-state index in [1.807, 2.05) is 0 Å². The molecule has 2 aromatic heterocycles. The molecule has 0 saturated heterocycles. The number of H-pyrrole nitrogens is 1. The van der Waals surface area contributed by atoms with Crippen molar-refractivity contribution in [1.82, 2.24) is 30.4 Å². The summed E-state index contributed by atoms with van der Waals surface area (Å²) in [4.78, 5) is 23.3. The largest absolute Gasteiger partial charge is 0.321 e. The highest BCUT2D eigenvalue weighted by Crippen LogP contribution is 2.17. The summed E-state index contributed by atoms with van der Waals surface area (Å²) in [5, 5.41) is 20.2. The smallest absolute Gasteiger partial charge is 0.276 e. The summed E-state index contributed by atoms with van der Waals surface area (Å²) in [6.45, 7) is 0. The van der Waals surface area contributed by atoms with Gasteiger partial charge in [-0.2, -0.15) is 10.3 Å². The van der Waals surface area contributed by atoms with Gasteiger partial charge in [0.05, 0.1) is 0 Å². The van der Waals surface area contributed by atoms with Crippen LogP contribution in [0.25, 0.3) is 11.4 Å². The Kier molecular flexibility index (Phi) is 3.44. The molecule has 1 amide bonds. The van der Waals surface area contributed by atoms with Crippen LogP contribution >= 0.6 is 0 Å². The highest BCUT2D eigenvalue weighted by Gasteiger charge is 2.09. The lowest BCUT2D eigenvalue weighted by Crippen LogP contribution is -2.23. The van der Waals surface area contributed by atoms with Crippen LogP contribution in [0.2, 0.25) is 0 Å². The third kappa shape index (κ3) is 2.73. The summed E-state index contributed by atoms with van der Waals surface area (Å²) in [5.41, 5.74) is 1.24. The number of tetrazole rings is 1. The summed E-state index contributed by atoms with van der Waals surface area (Å²) < 4.78 is 1.11. The van der Waals surface area contributed by atoms with Crippen molar-refractivity contribution in [2.24, 2.45) is 7.05 Å². The lowest BCUT2D eigenvalue weighted by Gasteiger charge is -2.05. The van der Waals surface area contributed by atoms with Gasteiger partial charge in [-0.15, -0.1) is 10.2 Å². The number of hydrogen-bond acceptors (Lipinski definition) is 6. The van der Waals surface area contributed by atoms with E-state index in [2.05, 4.69) is 31.0 Å². The van der Waals surface area contributed by atoms with E-state index in [1.54, 1.807) is 24.3 Å². The number of hydrogen-bond donors (Lipinski definition) is 2. The van der Waals surface area contributed by atoms with Crippen LogP contribution in [0.5, 0.6) is 0 Å². The van der Waals surface area contributed by atoms with Crippen molar-refractivity contribution in [3.05, 3.63) is 52.4 Å². The van der Waals surface area contributed by atoms with Crippen molar-refractivity contribution in [2.45, 2.75) is 0 Å². The number of nitrogens with one attached hydrogen (secondary N) is 2. The summed E-state index contributed by atoms with van der Waals surface area (Å²) in [7, 11) is 1.48. The molecule has 2 N–H and O–H groups in total. The lowest BCUT2D eigenvalue weighted by atomic mass is 10.2. The van der Waals surface area contributed by atoms with Crippen molar-refractivity contribution in [2.75, 3.05) is 5.32 Å². The predicted molar refractivity (Wildman–Crippen MR) is 77.0 cm³/mol. The molecule has 9 nitrogen and oxygen atoms in total. The Bertz CT molecular complexity index is 853. The fraction of sp³-hybridized carbons (Fsp3) is 0.0769. The van der Waals surface area contributed by atoms with Crippen LogP contribution in [0.4, 0.5) is 5.69 Å². The molecule has 0 spiro atoms. The van der Waals surface area contributed by atoms with Crippen molar-refractivity contribution >= 4 is 11.6 Å². The number of rotatable bonds is 3. The summed E-state index contributed by atoms with van der Waals surface area (Å²) >= 11 is 0. The Hall–Kier alpha value is -3.36. The molecular formula is C13H11N7O2. The molecule has 0 aliphatic heterocycles.